The maximum Gasteiger partial charge on any atom is 0.342 e. The van der Waals surface area contributed by atoms with Crippen LogP contribution in [-0.4, -0.2) is 29.1 Å². The Morgan fingerprint density at radius 1 is 1.14 bits per heavy atom. The molecule has 150 valence electrons. The molecule has 1 aromatic heterocycles. The molecule has 0 atom stereocenters. The van der Waals surface area contributed by atoms with Gasteiger partial charge in [0, 0.05) is 23.8 Å². The van der Waals surface area contributed by atoms with Crippen LogP contribution >= 0.6 is 11.3 Å². The smallest absolute Gasteiger partial charge is 0.342 e. The fourth-order valence-electron chi connectivity index (χ4n) is 2.64. The normalized spacial score (nSPS) is 10.8. The van der Waals surface area contributed by atoms with Crippen LogP contribution in [0.4, 0.5) is 5.00 Å². The molecule has 1 amide bonds. The molecular weight excluding hydrogens is 378 g/mol. The standard InChI is InChI=1S/C21H25NO5S/c1-12(2)27-21(26)19-16(15-9-8-13(3)14(4)10-15)11-28-20(19)22-17(23)6-5-7-18(24)25/h8-12H,5-7H2,1-4H3,(H,22,23)(H,24,25). The van der Waals surface area contributed by atoms with Gasteiger partial charge in [0.2, 0.25) is 5.91 Å². The molecule has 1 heterocycles. The van der Waals surface area contributed by atoms with Gasteiger partial charge in [-0.05, 0) is 50.8 Å². The van der Waals surface area contributed by atoms with Crippen molar-refractivity contribution in [1.82, 2.24) is 0 Å². The molecule has 0 spiro atoms. The number of carbonyl (C=O) groups excluding carboxylic acids is 2. The van der Waals surface area contributed by atoms with Crippen LogP contribution in [0.15, 0.2) is 23.6 Å². The highest BCUT2D eigenvalue weighted by Crippen LogP contribution is 2.37. The predicted octanol–water partition coefficient (Wildman–Crippen LogP) is 4.79. The molecule has 0 unspecified atom stereocenters. The summed E-state index contributed by atoms with van der Waals surface area (Å²) < 4.78 is 5.38. The van der Waals surface area contributed by atoms with Gasteiger partial charge in [0.25, 0.3) is 0 Å². The summed E-state index contributed by atoms with van der Waals surface area (Å²) in [5, 5.41) is 13.7. The van der Waals surface area contributed by atoms with Crippen molar-refractivity contribution in [1.29, 1.82) is 0 Å². The third kappa shape index (κ3) is 5.66. The van der Waals surface area contributed by atoms with Crippen molar-refractivity contribution in [2.75, 3.05) is 5.32 Å². The number of carboxylic acids is 1. The molecule has 0 aliphatic rings. The van der Waals surface area contributed by atoms with Gasteiger partial charge in [0.1, 0.15) is 10.6 Å². The molecule has 2 rings (SSSR count). The highest BCUT2D eigenvalue weighted by Gasteiger charge is 2.24. The van der Waals surface area contributed by atoms with Gasteiger partial charge >= 0.3 is 11.9 Å². The van der Waals surface area contributed by atoms with E-state index in [4.69, 9.17) is 9.84 Å². The molecule has 2 aromatic rings. The second-order valence-corrected chi connectivity index (χ2v) is 7.78. The second kappa shape index (κ2) is 9.50. The predicted molar refractivity (Wildman–Crippen MR) is 110 cm³/mol. The van der Waals surface area contributed by atoms with Gasteiger partial charge in [-0.15, -0.1) is 11.3 Å². The van der Waals surface area contributed by atoms with E-state index < -0.39 is 11.9 Å². The van der Waals surface area contributed by atoms with Crippen LogP contribution in [0.5, 0.6) is 0 Å². The summed E-state index contributed by atoms with van der Waals surface area (Å²) in [5.41, 5.74) is 4.16. The minimum absolute atomic E-state index is 0.0713. The highest BCUT2D eigenvalue weighted by atomic mass is 32.1. The Hall–Kier alpha value is -2.67. The number of carbonyl (C=O) groups is 3. The average Bonchev–Trinajstić information content (AvgIpc) is 3.00. The third-order valence-corrected chi connectivity index (χ3v) is 5.10. The average molecular weight is 404 g/mol. The van der Waals surface area contributed by atoms with E-state index in [9.17, 15) is 14.4 Å². The molecule has 0 fully saturated rings. The quantitative estimate of drug-likeness (QED) is 0.618. The Morgan fingerprint density at radius 3 is 2.46 bits per heavy atom. The summed E-state index contributed by atoms with van der Waals surface area (Å²) >= 11 is 1.26. The molecule has 1 aromatic carbocycles. The summed E-state index contributed by atoms with van der Waals surface area (Å²) in [7, 11) is 0. The number of aliphatic carboxylic acids is 1. The number of anilines is 1. The van der Waals surface area contributed by atoms with Crippen molar-refractivity contribution in [3.63, 3.8) is 0 Å². The number of aryl methyl sites for hydroxylation is 2. The van der Waals surface area contributed by atoms with E-state index in [-0.39, 0.29) is 31.3 Å². The van der Waals surface area contributed by atoms with Crippen LogP contribution in [0.1, 0.15) is 54.6 Å². The van der Waals surface area contributed by atoms with Crippen LogP contribution in [0, 0.1) is 13.8 Å². The number of thiophene rings is 1. The van der Waals surface area contributed by atoms with Gasteiger partial charge in [-0.1, -0.05) is 18.2 Å². The topological polar surface area (TPSA) is 92.7 Å². The molecule has 0 saturated heterocycles. The minimum Gasteiger partial charge on any atom is -0.481 e. The van der Waals surface area contributed by atoms with Crippen LogP contribution in [0.3, 0.4) is 0 Å². The van der Waals surface area contributed by atoms with Gasteiger partial charge < -0.3 is 15.2 Å². The Balaban J connectivity index is 2.33. The van der Waals surface area contributed by atoms with Crippen LogP contribution in [-0.2, 0) is 14.3 Å². The number of esters is 1. The Morgan fingerprint density at radius 2 is 1.86 bits per heavy atom. The molecule has 2 N–H and O–H groups in total. The van der Waals surface area contributed by atoms with E-state index in [2.05, 4.69) is 5.32 Å². The van der Waals surface area contributed by atoms with E-state index >= 15 is 0 Å². The number of nitrogens with one attached hydrogen (secondary N) is 1. The van der Waals surface area contributed by atoms with Gasteiger partial charge in [0.15, 0.2) is 0 Å². The fraction of sp³-hybridized carbons (Fsp3) is 0.381. The SMILES string of the molecule is Cc1ccc(-c2csc(NC(=O)CCCC(=O)O)c2C(=O)OC(C)C)cc1C. The van der Waals surface area contributed by atoms with E-state index in [1.165, 1.54) is 11.3 Å². The zero-order chi connectivity index (χ0) is 20.8. The van der Waals surface area contributed by atoms with Crippen molar-refractivity contribution in [3.8, 4) is 11.1 Å². The van der Waals surface area contributed by atoms with Crippen molar-refractivity contribution in [2.45, 2.75) is 53.1 Å². The first-order chi connectivity index (χ1) is 13.2. The van der Waals surface area contributed by atoms with Gasteiger partial charge in [-0.3, -0.25) is 9.59 Å². The first-order valence-electron chi connectivity index (χ1n) is 9.10. The van der Waals surface area contributed by atoms with E-state index in [1.54, 1.807) is 13.8 Å². The monoisotopic (exact) mass is 403 g/mol. The summed E-state index contributed by atoms with van der Waals surface area (Å²) in [5.74, 6) is -1.76. The van der Waals surface area contributed by atoms with Crippen molar-refractivity contribution >= 4 is 34.2 Å². The first-order valence-corrected chi connectivity index (χ1v) is 9.98. The van der Waals surface area contributed by atoms with E-state index in [1.807, 2.05) is 37.4 Å². The van der Waals surface area contributed by atoms with Crippen molar-refractivity contribution in [3.05, 3.63) is 40.3 Å². The third-order valence-electron chi connectivity index (χ3n) is 4.20. The Labute approximate surface area is 168 Å². The van der Waals surface area contributed by atoms with E-state index in [0.717, 1.165) is 16.7 Å². The summed E-state index contributed by atoms with van der Waals surface area (Å²) in [6.07, 6.45) is -0.0582. The lowest BCUT2D eigenvalue weighted by molar-refractivity contribution is -0.137. The molecule has 6 nitrogen and oxygen atoms in total. The molecule has 0 bridgehead atoms. The number of rotatable bonds is 8. The Bertz CT molecular complexity index is 885. The molecule has 0 saturated carbocycles. The van der Waals surface area contributed by atoms with Gasteiger partial charge in [0.05, 0.1) is 6.10 Å². The molecule has 7 heteroatoms. The van der Waals surface area contributed by atoms with Gasteiger partial charge in [-0.2, -0.15) is 0 Å². The maximum absolute atomic E-state index is 12.7. The molecular formula is C21H25NO5S. The van der Waals surface area contributed by atoms with Crippen LogP contribution < -0.4 is 5.32 Å². The number of hydrogen-bond acceptors (Lipinski definition) is 5. The van der Waals surface area contributed by atoms with E-state index in [0.29, 0.717) is 16.1 Å². The lowest BCUT2D eigenvalue weighted by atomic mass is 9.99. The number of benzene rings is 1. The molecule has 0 radical (unpaired) electrons. The molecule has 28 heavy (non-hydrogen) atoms. The zero-order valence-electron chi connectivity index (χ0n) is 16.5. The number of amides is 1. The van der Waals surface area contributed by atoms with Crippen molar-refractivity contribution in [2.24, 2.45) is 0 Å². The summed E-state index contributed by atoms with van der Waals surface area (Å²) in [6, 6.07) is 5.93. The number of carboxylic acid groups (broad SMARTS) is 1. The fourth-order valence-corrected chi connectivity index (χ4v) is 3.61. The van der Waals surface area contributed by atoms with Crippen LogP contribution in [0.25, 0.3) is 11.1 Å². The number of ether oxygens (including phenoxy) is 1. The lowest BCUT2D eigenvalue weighted by Gasteiger charge is -2.12. The summed E-state index contributed by atoms with van der Waals surface area (Å²) in [6.45, 7) is 7.56. The second-order valence-electron chi connectivity index (χ2n) is 6.90. The first kappa shape index (κ1) is 21.6. The van der Waals surface area contributed by atoms with Gasteiger partial charge in [-0.25, -0.2) is 4.79 Å². The lowest BCUT2D eigenvalue weighted by Crippen LogP contribution is -2.16. The largest absolute Gasteiger partial charge is 0.481 e. The Kier molecular flexibility index (Phi) is 7.34. The van der Waals surface area contributed by atoms with Crippen LogP contribution in [0.2, 0.25) is 0 Å². The minimum atomic E-state index is -0.942. The maximum atomic E-state index is 12.7. The zero-order valence-corrected chi connectivity index (χ0v) is 17.3. The highest BCUT2D eigenvalue weighted by molar-refractivity contribution is 7.15. The van der Waals surface area contributed by atoms with Crippen molar-refractivity contribution < 1.29 is 24.2 Å². The molecule has 0 aliphatic heterocycles. The summed E-state index contributed by atoms with van der Waals surface area (Å²) in [4.78, 5) is 35.5. The molecule has 0 aliphatic carbocycles. The number of hydrogen-bond donors (Lipinski definition) is 2.